The minimum absolute atomic E-state index is 0.0329. The molecule has 1 N–H and O–H groups in total. The molecule has 1 heterocycles. The van der Waals surface area contributed by atoms with Gasteiger partial charge in [-0.25, -0.2) is 0 Å². The van der Waals surface area contributed by atoms with Crippen LogP contribution in [0, 0.1) is 11.3 Å². The maximum atomic E-state index is 12.5. The van der Waals surface area contributed by atoms with Gasteiger partial charge in [0.05, 0.1) is 0 Å². The average Bonchev–Trinajstić information content (AvgIpc) is 3.24. The first kappa shape index (κ1) is 12.9. The summed E-state index contributed by atoms with van der Waals surface area (Å²) in [5, 5.41) is 2.88. The van der Waals surface area contributed by atoms with Crippen molar-refractivity contribution in [3.05, 3.63) is 0 Å². The lowest BCUT2D eigenvalue weighted by molar-refractivity contribution is -0.134. The van der Waals surface area contributed by atoms with E-state index in [4.69, 9.17) is 0 Å². The van der Waals surface area contributed by atoms with Gasteiger partial charge in [-0.15, -0.1) is 0 Å². The van der Waals surface area contributed by atoms with Crippen LogP contribution in [-0.2, 0) is 9.59 Å². The van der Waals surface area contributed by atoms with Crippen LogP contribution in [0.15, 0.2) is 0 Å². The van der Waals surface area contributed by atoms with E-state index in [1.807, 2.05) is 4.90 Å². The molecule has 2 aliphatic carbocycles. The lowest BCUT2D eigenvalue weighted by Gasteiger charge is -2.28. The fourth-order valence-corrected chi connectivity index (χ4v) is 3.47. The zero-order valence-corrected chi connectivity index (χ0v) is 11.8. The highest BCUT2D eigenvalue weighted by Gasteiger charge is 2.55. The molecule has 4 heteroatoms. The quantitative estimate of drug-likeness (QED) is 0.821. The third-order valence-corrected chi connectivity index (χ3v) is 4.97. The van der Waals surface area contributed by atoms with Crippen LogP contribution in [0.5, 0.6) is 0 Å². The largest absolute Gasteiger partial charge is 0.344 e. The molecule has 0 aromatic rings. The topological polar surface area (TPSA) is 49.4 Å². The SMILES string of the molecule is CCCC1NC(=O)CCN(CC2(C3CC3)CC2)C1=O. The fraction of sp³-hybridized carbons (Fsp3) is 0.867. The van der Waals surface area contributed by atoms with Gasteiger partial charge in [0.1, 0.15) is 6.04 Å². The second kappa shape index (κ2) is 4.80. The van der Waals surface area contributed by atoms with Gasteiger partial charge in [0.25, 0.3) is 0 Å². The summed E-state index contributed by atoms with van der Waals surface area (Å²) in [6, 6.07) is -0.282. The number of carbonyl (C=O) groups is 2. The van der Waals surface area contributed by atoms with Gasteiger partial charge in [0, 0.05) is 19.5 Å². The molecule has 0 bridgehead atoms. The Morgan fingerprint density at radius 1 is 1.32 bits per heavy atom. The molecule has 0 aromatic carbocycles. The van der Waals surface area contributed by atoms with E-state index in [-0.39, 0.29) is 17.9 Å². The Balaban J connectivity index is 1.68. The first-order chi connectivity index (χ1) is 9.14. The molecule has 2 saturated carbocycles. The molecular formula is C15H24N2O2. The standard InChI is InChI=1S/C15H24N2O2/c1-2-3-12-14(19)17(9-6-13(18)16-12)10-15(7-8-15)11-4-5-11/h11-12H,2-10H2,1H3,(H,16,18). The Morgan fingerprint density at radius 2 is 2.05 bits per heavy atom. The van der Waals surface area contributed by atoms with Crippen LogP contribution >= 0.6 is 0 Å². The third-order valence-electron chi connectivity index (χ3n) is 4.97. The number of hydrogen-bond donors (Lipinski definition) is 1. The first-order valence-electron chi connectivity index (χ1n) is 7.73. The fourth-order valence-electron chi connectivity index (χ4n) is 3.47. The highest BCUT2D eigenvalue weighted by atomic mass is 16.2. The van der Waals surface area contributed by atoms with Crippen molar-refractivity contribution in [2.24, 2.45) is 11.3 Å². The molecule has 3 rings (SSSR count). The minimum Gasteiger partial charge on any atom is -0.344 e. The van der Waals surface area contributed by atoms with E-state index in [0.717, 1.165) is 25.3 Å². The smallest absolute Gasteiger partial charge is 0.245 e. The summed E-state index contributed by atoms with van der Waals surface area (Å²) >= 11 is 0. The molecule has 0 radical (unpaired) electrons. The van der Waals surface area contributed by atoms with Crippen LogP contribution in [-0.4, -0.2) is 35.8 Å². The Bertz CT molecular complexity index is 386. The van der Waals surface area contributed by atoms with E-state index >= 15 is 0 Å². The van der Waals surface area contributed by atoms with Crippen molar-refractivity contribution in [2.75, 3.05) is 13.1 Å². The number of carbonyl (C=O) groups excluding carboxylic acids is 2. The normalized spacial score (nSPS) is 29.9. The summed E-state index contributed by atoms with van der Waals surface area (Å²) in [6.07, 6.45) is 7.40. The second-order valence-electron chi connectivity index (χ2n) is 6.56. The van der Waals surface area contributed by atoms with Gasteiger partial charge in [-0.3, -0.25) is 9.59 Å². The number of hydrogen-bond acceptors (Lipinski definition) is 2. The predicted octanol–water partition coefficient (Wildman–Crippen LogP) is 1.69. The zero-order chi connectivity index (χ0) is 13.5. The van der Waals surface area contributed by atoms with Gasteiger partial charge in [-0.05, 0) is 43.4 Å². The highest BCUT2D eigenvalue weighted by molar-refractivity contribution is 5.90. The minimum atomic E-state index is -0.282. The molecule has 4 nitrogen and oxygen atoms in total. The molecule has 2 amide bonds. The van der Waals surface area contributed by atoms with Crippen molar-refractivity contribution in [2.45, 2.75) is 57.9 Å². The van der Waals surface area contributed by atoms with Crippen molar-refractivity contribution in [1.29, 1.82) is 0 Å². The lowest BCUT2D eigenvalue weighted by Crippen LogP contribution is -2.46. The molecule has 3 fully saturated rings. The molecule has 1 aliphatic heterocycles. The molecular weight excluding hydrogens is 240 g/mol. The Kier molecular flexibility index (Phi) is 3.27. The van der Waals surface area contributed by atoms with E-state index < -0.39 is 0 Å². The summed E-state index contributed by atoms with van der Waals surface area (Å²) < 4.78 is 0. The summed E-state index contributed by atoms with van der Waals surface area (Å²) in [6.45, 7) is 3.56. The van der Waals surface area contributed by atoms with Crippen molar-refractivity contribution in [3.8, 4) is 0 Å². The van der Waals surface area contributed by atoms with Crippen LogP contribution < -0.4 is 5.32 Å². The molecule has 0 spiro atoms. The monoisotopic (exact) mass is 264 g/mol. The molecule has 106 valence electrons. The summed E-state index contributed by atoms with van der Waals surface area (Å²) in [7, 11) is 0. The van der Waals surface area contributed by atoms with E-state index in [0.29, 0.717) is 18.4 Å². The molecule has 1 atom stereocenters. The molecule has 1 saturated heterocycles. The summed E-state index contributed by atoms with van der Waals surface area (Å²) in [5.74, 6) is 1.04. The molecule has 19 heavy (non-hydrogen) atoms. The van der Waals surface area contributed by atoms with Gasteiger partial charge in [0.2, 0.25) is 11.8 Å². The van der Waals surface area contributed by atoms with Crippen LogP contribution in [0.1, 0.15) is 51.9 Å². The van der Waals surface area contributed by atoms with Crippen molar-refractivity contribution in [1.82, 2.24) is 10.2 Å². The van der Waals surface area contributed by atoms with Gasteiger partial charge in [-0.1, -0.05) is 13.3 Å². The van der Waals surface area contributed by atoms with Crippen LogP contribution in [0.3, 0.4) is 0 Å². The predicted molar refractivity (Wildman–Crippen MR) is 72.4 cm³/mol. The third kappa shape index (κ3) is 2.63. The Labute approximate surface area is 114 Å². The van der Waals surface area contributed by atoms with E-state index in [1.54, 1.807) is 0 Å². The zero-order valence-electron chi connectivity index (χ0n) is 11.8. The number of nitrogens with zero attached hydrogens (tertiary/aromatic N) is 1. The lowest BCUT2D eigenvalue weighted by atomic mass is 9.99. The molecule has 0 aromatic heterocycles. The van der Waals surface area contributed by atoms with Crippen LogP contribution in [0.25, 0.3) is 0 Å². The molecule has 1 unspecified atom stereocenters. The van der Waals surface area contributed by atoms with Crippen LogP contribution in [0.2, 0.25) is 0 Å². The number of rotatable bonds is 5. The van der Waals surface area contributed by atoms with Gasteiger partial charge in [-0.2, -0.15) is 0 Å². The number of amides is 2. The van der Waals surface area contributed by atoms with Gasteiger partial charge in [0.15, 0.2) is 0 Å². The summed E-state index contributed by atoms with van der Waals surface area (Å²) in [5.41, 5.74) is 0.430. The summed E-state index contributed by atoms with van der Waals surface area (Å²) in [4.78, 5) is 26.2. The van der Waals surface area contributed by atoms with E-state index in [2.05, 4.69) is 12.2 Å². The number of nitrogens with one attached hydrogen (secondary N) is 1. The first-order valence-corrected chi connectivity index (χ1v) is 7.73. The van der Waals surface area contributed by atoms with Crippen molar-refractivity contribution >= 4 is 11.8 Å². The maximum Gasteiger partial charge on any atom is 0.245 e. The van der Waals surface area contributed by atoms with E-state index in [9.17, 15) is 9.59 Å². The Hall–Kier alpha value is -1.06. The van der Waals surface area contributed by atoms with Gasteiger partial charge >= 0.3 is 0 Å². The van der Waals surface area contributed by atoms with Gasteiger partial charge < -0.3 is 10.2 Å². The maximum absolute atomic E-state index is 12.5. The average molecular weight is 264 g/mol. The van der Waals surface area contributed by atoms with Crippen LogP contribution in [0.4, 0.5) is 0 Å². The van der Waals surface area contributed by atoms with Crippen molar-refractivity contribution in [3.63, 3.8) is 0 Å². The Morgan fingerprint density at radius 3 is 2.63 bits per heavy atom. The molecule has 3 aliphatic rings. The second-order valence-corrected chi connectivity index (χ2v) is 6.56. The van der Waals surface area contributed by atoms with E-state index in [1.165, 1.54) is 25.7 Å². The highest BCUT2D eigenvalue weighted by Crippen LogP contribution is 2.61. The van der Waals surface area contributed by atoms with Crippen molar-refractivity contribution < 1.29 is 9.59 Å².